The van der Waals surface area contributed by atoms with E-state index < -0.39 is 11.7 Å². The number of rotatable bonds is 8. The number of hydrogen-bond acceptors (Lipinski definition) is 4. The maximum atomic E-state index is 13.1. The molecule has 37 heavy (non-hydrogen) atoms. The molecule has 0 aliphatic carbocycles. The van der Waals surface area contributed by atoms with E-state index in [0.29, 0.717) is 35.7 Å². The Morgan fingerprint density at radius 2 is 1.68 bits per heavy atom. The molecule has 188 valence electrons. The van der Waals surface area contributed by atoms with Crippen molar-refractivity contribution in [1.29, 1.82) is 0 Å². The lowest BCUT2D eigenvalue weighted by atomic mass is 9.96. The smallest absolute Gasteiger partial charge is 0.416 e. The fraction of sp³-hybridized carbons (Fsp3) is 0.103. The van der Waals surface area contributed by atoms with Crippen molar-refractivity contribution < 1.29 is 22.7 Å². The van der Waals surface area contributed by atoms with Gasteiger partial charge in [-0.1, -0.05) is 48.6 Å². The van der Waals surface area contributed by atoms with Gasteiger partial charge in [0.15, 0.2) is 0 Å². The first-order valence-corrected chi connectivity index (χ1v) is 11.5. The van der Waals surface area contributed by atoms with Gasteiger partial charge in [-0.3, -0.25) is 9.78 Å². The van der Waals surface area contributed by atoms with Crippen LogP contribution in [0.25, 0.3) is 16.3 Å². The Kier molecular flexibility index (Phi) is 8.00. The van der Waals surface area contributed by atoms with Crippen LogP contribution < -0.4 is 15.8 Å². The van der Waals surface area contributed by atoms with Gasteiger partial charge in [0, 0.05) is 41.5 Å². The molecule has 0 bridgehead atoms. The Labute approximate surface area is 212 Å². The average molecular weight is 504 g/mol. The van der Waals surface area contributed by atoms with E-state index in [9.17, 15) is 18.0 Å². The summed E-state index contributed by atoms with van der Waals surface area (Å²) in [5, 5.41) is 4.61. The number of carbonyl (C=O) groups excluding carboxylic acids is 1. The van der Waals surface area contributed by atoms with Gasteiger partial charge in [-0.2, -0.15) is 13.2 Å². The van der Waals surface area contributed by atoms with E-state index in [-0.39, 0.29) is 5.91 Å². The van der Waals surface area contributed by atoms with Gasteiger partial charge in [-0.15, -0.1) is 0 Å². The van der Waals surface area contributed by atoms with Crippen LogP contribution >= 0.6 is 0 Å². The van der Waals surface area contributed by atoms with Crippen molar-refractivity contribution in [1.82, 2.24) is 4.98 Å². The second-order valence-electron chi connectivity index (χ2n) is 8.07. The summed E-state index contributed by atoms with van der Waals surface area (Å²) in [7, 11) is 0. The topological polar surface area (TPSA) is 77.2 Å². The Bertz CT molecular complexity index is 1420. The largest absolute Gasteiger partial charge is 0.492 e. The van der Waals surface area contributed by atoms with Gasteiger partial charge >= 0.3 is 6.18 Å². The number of carbonyl (C=O) groups is 1. The number of hydrogen-bond donors (Lipinski definition) is 2. The van der Waals surface area contributed by atoms with Crippen LogP contribution in [0.2, 0.25) is 0 Å². The summed E-state index contributed by atoms with van der Waals surface area (Å²) in [6.07, 6.45) is 3.55. The molecule has 0 aliphatic rings. The summed E-state index contributed by atoms with van der Waals surface area (Å²) in [6, 6.07) is 19.3. The molecule has 0 atom stereocenters. The molecule has 3 aromatic carbocycles. The number of alkyl halides is 3. The fourth-order valence-electron chi connectivity index (χ4n) is 3.74. The maximum Gasteiger partial charge on any atom is 0.416 e. The quantitative estimate of drug-likeness (QED) is 0.221. The number of ether oxygens (including phenoxy) is 1. The number of benzene rings is 3. The summed E-state index contributed by atoms with van der Waals surface area (Å²) in [5.74, 6) is 0.277. The van der Waals surface area contributed by atoms with Crippen LogP contribution in [-0.4, -0.2) is 24.0 Å². The van der Waals surface area contributed by atoms with Crippen LogP contribution in [0.3, 0.4) is 0 Å². The lowest BCUT2D eigenvalue weighted by Gasteiger charge is -2.12. The predicted molar refractivity (Wildman–Crippen MR) is 139 cm³/mol. The molecular weight excluding hydrogens is 479 g/mol. The third-order valence-corrected chi connectivity index (χ3v) is 5.52. The summed E-state index contributed by atoms with van der Waals surface area (Å²) in [4.78, 5) is 16.7. The second-order valence-corrected chi connectivity index (χ2v) is 8.07. The third kappa shape index (κ3) is 6.62. The van der Waals surface area contributed by atoms with Crippen LogP contribution in [0.1, 0.15) is 16.7 Å². The Morgan fingerprint density at radius 3 is 2.35 bits per heavy atom. The van der Waals surface area contributed by atoms with E-state index in [1.54, 1.807) is 54.9 Å². The van der Waals surface area contributed by atoms with Crippen molar-refractivity contribution in [3.63, 3.8) is 0 Å². The number of anilines is 1. The molecule has 0 unspecified atom stereocenters. The van der Waals surface area contributed by atoms with Crippen molar-refractivity contribution in [2.24, 2.45) is 5.73 Å². The predicted octanol–water partition coefficient (Wildman–Crippen LogP) is 6.22. The standard InChI is InChI=1S/C29H24F3N3O2/c30-29(31,32)23-11-7-20(8-12-23)25(21-9-13-24(14-10-21)37-18-16-33)4-2-6-28(36)35-27-5-1-3-22-19-34-17-15-26(22)27/h1-15,17,19H,16,18,33H2,(H,35,36)/b6-2+,25-4+. The van der Waals surface area contributed by atoms with Gasteiger partial charge in [0.05, 0.1) is 5.56 Å². The van der Waals surface area contributed by atoms with E-state index in [2.05, 4.69) is 10.3 Å². The van der Waals surface area contributed by atoms with Gasteiger partial charge in [0.25, 0.3) is 0 Å². The molecule has 0 saturated carbocycles. The first kappa shape index (κ1) is 25.7. The number of halogens is 3. The lowest BCUT2D eigenvalue weighted by molar-refractivity contribution is -0.137. The highest BCUT2D eigenvalue weighted by Gasteiger charge is 2.30. The highest BCUT2D eigenvalue weighted by atomic mass is 19.4. The Hall–Kier alpha value is -4.43. The van der Waals surface area contributed by atoms with Gasteiger partial charge in [0.2, 0.25) is 5.91 Å². The molecule has 0 fully saturated rings. The lowest BCUT2D eigenvalue weighted by Crippen LogP contribution is -2.10. The van der Waals surface area contributed by atoms with E-state index in [4.69, 9.17) is 10.5 Å². The van der Waals surface area contributed by atoms with E-state index in [0.717, 1.165) is 28.5 Å². The number of allylic oxidation sites excluding steroid dienone is 2. The highest BCUT2D eigenvalue weighted by molar-refractivity contribution is 6.06. The number of pyridine rings is 1. The number of fused-ring (bicyclic) bond motifs is 1. The summed E-state index contributed by atoms with van der Waals surface area (Å²) in [6.45, 7) is 0.743. The van der Waals surface area contributed by atoms with Crippen LogP contribution in [0.15, 0.2) is 103 Å². The first-order valence-electron chi connectivity index (χ1n) is 11.5. The summed E-state index contributed by atoms with van der Waals surface area (Å²) < 4.78 is 44.7. The zero-order valence-electron chi connectivity index (χ0n) is 19.7. The van der Waals surface area contributed by atoms with E-state index in [1.165, 1.54) is 18.2 Å². The summed E-state index contributed by atoms with van der Waals surface area (Å²) >= 11 is 0. The molecule has 5 nitrogen and oxygen atoms in total. The minimum Gasteiger partial charge on any atom is -0.492 e. The van der Waals surface area contributed by atoms with E-state index in [1.807, 2.05) is 18.2 Å². The molecule has 4 aromatic rings. The average Bonchev–Trinajstić information content (AvgIpc) is 2.90. The van der Waals surface area contributed by atoms with Gasteiger partial charge < -0.3 is 15.8 Å². The monoisotopic (exact) mass is 503 g/mol. The Morgan fingerprint density at radius 1 is 0.973 bits per heavy atom. The highest BCUT2D eigenvalue weighted by Crippen LogP contribution is 2.32. The molecule has 8 heteroatoms. The molecule has 0 aliphatic heterocycles. The molecule has 3 N–H and O–H groups in total. The third-order valence-electron chi connectivity index (χ3n) is 5.52. The molecule has 1 heterocycles. The van der Waals surface area contributed by atoms with E-state index >= 15 is 0 Å². The van der Waals surface area contributed by atoms with Gasteiger partial charge in [0.1, 0.15) is 12.4 Å². The normalized spacial score (nSPS) is 12.2. The zero-order chi connectivity index (χ0) is 26.3. The van der Waals surface area contributed by atoms with Gasteiger partial charge in [-0.05, 0) is 53.1 Å². The minimum absolute atomic E-state index is 0.349. The Balaban J connectivity index is 1.60. The fourth-order valence-corrected chi connectivity index (χ4v) is 3.74. The number of nitrogens with two attached hydrogens (primary N) is 1. The van der Waals surface area contributed by atoms with Crippen molar-refractivity contribution in [2.75, 3.05) is 18.5 Å². The molecule has 0 radical (unpaired) electrons. The van der Waals surface area contributed by atoms with Crippen molar-refractivity contribution in [2.45, 2.75) is 6.18 Å². The number of aromatic nitrogens is 1. The molecule has 4 rings (SSSR count). The summed E-state index contributed by atoms with van der Waals surface area (Å²) in [5.41, 5.74) is 7.33. The van der Waals surface area contributed by atoms with Crippen LogP contribution in [0.4, 0.5) is 18.9 Å². The number of amides is 1. The van der Waals surface area contributed by atoms with Crippen LogP contribution in [0.5, 0.6) is 5.75 Å². The van der Waals surface area contributed by atoms with Gasteiger partial charge in [-0.25, -0.2) is 0 Å². The maximum absolute atomic E-state index is 13.1. The van der Waals surface area contributed by atoms with Crippen molar-refractivity contribution >= 4 is 27.9 Å². The van der Waals surface area contributed by atoms with Crippen molar-refractivity contribution in [3.8, 4) is 5.75 Å². The molecule has 1 amide bonds. The number of nitrogens with one attached hydrogen (secondary N) is 1. The zero-order valence-corrected chi connectivity index (χ0v) is 19.7. The SMILES string of the molecule is NCCOc1ccc(/C(=C/C=C/C(=O)Nc2cccc3cnccc23)c2ccc(C(F)(F)F)cc2)cc1. The van der Waals surface area contributed by atoms with Crippen molar-refractivity contribution in [3.05, 3.63) is 120 Å². The van der Waals surface area contributed by atoms with Crippen LogP contribution in [-0.2, 0) is 11.0 Å². The first-order chi connectivity index (χ1) is 17.8. The number of nitrogens with zero attached hydrogens (tertiary/aromatic N) is 1. The molecular formula is C29H24F3N3O2. The molecule has 0 spiro atoms. The molecule has 0 saturated heterocycles. The van der Waals surface area contributed by atoms with Crippen LogP contribution in [0, 0.1) is 0 Å². The minimum atomic E-state index is -4.43. The second kappa shape index (κ2) is 11.5. The molecule has 1 aromatic heterocycles.